The second-order valence-corrected chi connectivity index (χ2v) is 19.9. The quantitative estimate of drug-likeness (QED) is 0.0749. The van der Waals surface area contributed by atoms with Crippen LogP contribution in [0.4, 0.5) is 10.5 Å². The van der Waals surface area contributed by atoms with Crippen molar-refractivity contribution < 1.29 is 28.7 Å². The number of pyridine rings is 1. The van der Waals surface area contributed by atoms with Gasteiger partial charge in [0, 0.05) is 44.4 Å². The highest BCUT2D eigenvalue weighted by Gasteiger charge is 2.56. The van der Waals surface area contributed by atoms with Crippen molar-refractivity contribution in [2.24, 2.45) is 4.99 Å². The van der Waals surface area contributed by atoms with E-state index in [4.69, 9.17) is 24.3 Å². The van der Waals surface area contributed by atoms with Crippen molar-refractivity contribution in [3.8, 4) is 0 Å². The van der Waals surface area contributed by atoms with E-state index in [0.29, 0.717) is 47.9 Å². The van der Waals surface area contributed by atoms with Gasteiger partial charge in [-0.2, -0.15) is 0 Å². The Labute approximate surface area is 446 Å². The molecule has 9 rings (SSSR count). The van der Waals surface area contributed by atoms with Crippen molar-refractivity contribution in [1.82, 2.24) is 25.2 Å². The number of nitrogens with one attached hydrogen (secondary N) is 1. The number of hydrogen-bond acceptors (Lipinski definition) is 9. The fourth-order valence-corrected chi connectivity index (χ4v) is 10.6. The molecule has 2 aliphatic heterocycles. The molecule has 2 aliphatic rings. The summed E-state index contributed by atoms with van der Waals surface area (Å²) in [5, 5.41) is 4.24. The van der Waals surface area contributed by atoms with Crippen LogP contribution in [-0.2, 0) is 30.2 Å². The Kier molecular flexibility index (Phi) is 16.3. The number of amides is 3. The van der Waals surface area contributed by atoms with E-state index in [9.17, 15) is 9.59 Å². The van der Waals surface area contributed by atoms with E-state index in [1.165, 1.54) is 5.06 Å². The number of fused-ring (bicyclic) bond motifs is 1. The Morgan fingerprint density at radius 3 is 1.57 bits per heavy atom. The van der Waals surface area contributed by atoms with E-state index in [-0.39, 0.29) is 44.5 Å². The Morgan fingerprint density at radius 1 is 0.684 bits per heavy atom. The number of rotatable bonds is 16. The number of nitrogens with zero attached hydrogens (tertiary/aromatic N) is 5. The molecule has 3 heterocycles. The van der Waals surface area contributed by atoms with Gasteiger partial charge in [0.25, 0.3) is 11.8 Å². The lowest BCUT2D eigenvalue weighted by Gasteiger charge is -2.57. The predicted molar refractivity (Wildman–Crippen MR) is 298 cm³/mol. The normalized spacial score (nSPS) is 14.8. The van der Waals surface area contributed by atoms with Crippen molar-refractivity contribution >= 4 is 35.5 Å². The van der Waals surface area contributed by atoms with E-state index in [1.54, 1.807) is 44.0 Å². The highest BCUT2D eigenvalue weighted by Crippen LogP contribution is 2.55. The summed E-state index contributed by atoms with van der Waals surface area (Å²) in [5.41, 5.74) is 4.02. The summed E-state index contributed by atoms with van der Waals surface area (Å²) in [4.78, 5) is 64.0. The van der Waals surface area contributed by atoms with Crippen molar-refractivity contribution in [2.45, 2.75) is 70.2 Å². The Hall–Kier alpha value is -8.19. The molecule has 3 amide bonds. The lowest BCUT2D eigenvalue weighted by atomic mass is 9.67. The first-order valence-electron chi connectivity index (χ1n) is 26.2. The number of morpholine rings is 1. The Morgan fingerprint density at radius 2 is 1.14 bits per heavy atom. The lowest BCUT2D eigenvalue weighted by Crippen LogP contribution is -2.62. The molecular weight excluding hydrogens is 949 g/mol. The van der Waals surface area contributed by atoms with Crippen LogP contribution in [0.5, 0.6) is 0 Å². The molecule has 0 aliphatic carbocycles. The van der Waals surface area contributed by atoms with Crippen LogP contribution in [0.2, 0.25) is 0 Å². The third-order valence-electron chi connectivity index (χ3n) is 13.6. The third kappa shape index (κ3) is 11.0. The largest absolute Gasteiger partial charge is 0.444 e. The summed E-state index contributed by atoms with van der Waals surface area (Å²) in [5.74, 6) is -0.0747. The van der Waals surface area contributed by atoms with Crippen LogP contribution in [0.25, 0.3) is 6.08 Å². The average Bonchev–Trinajstić information content (AvgIpc) is 3.79. The molecule has 6 aromatic carbocycles. The molecule has 12 nitrogen and oxygen atoms in total. The first-order chi connectivity index (χ1) is 37.0. The summed E-state index contributed by atoms with van der Waals surface area (Å²) in [6.45, 7) is 10.9. The second kappa shape index (κ2) is 23.6. The molecule has 0 saturated carbocycles. The second-order valence-electron chi connectivity index (χ2n) is 19.9. The molecule has 76 heavy (non-hydrogen) atoms. The predicted octanol–water partition coefficient (Wildman–Crippen LogP) is 11.7. The molecule has 12 heteroatoms. The zero-order valence-corrected chi connectivity index (χ0v) is 44.0. The highest BCUT2D eigenvalue weighted by molar-refractivity contribution is 6.06. The molecular formula is C64H66N6O6. The molecule has 388 valence electrons. The molecule has 1 fully saturated rings. The van der Waals surface area contributed by atoms with Crippen LogP contribution in [0.15, 0.2) is 205 Å². The number of benzene rings is 6. The van der Waals surface area contributed by atoms with Crippen molar-refractivity contribution in [3.05, 3.63) is 244 Å². The topological polar surface area (TPSA) is 126 Å². The number of aliphatic imine (C=N–C) groups is 1. The molecule has 1 atom stereocenters. The van der Waals surface area contributed by atoms with Gasteiger partial charge >= 0.3 is 6.09 Å². The van der Waals surface area contributed by atoms with E-state index >= 15 is 4.79 Å². The summed E-state index contributed by atoms with van der Waals surface area (Å²) in [7, 11) is 0. The summed E-state index contributed by atoms with van der Waals surface area (Å²) < 4.78 is 11.5. The fraction of sp³-hybridized carbons (Fsp3) is 0.266. The van der Waals surface area contributed by atoms with Gasteiger partial charge in [0.2, 0.25) is 0 Å². The average molecular weight is 1020 g/mol. The van der Waals surface area contributed by atoms with Gasteiger partial charge in [0.1, 0.15) is 22.5 Å². The first kappa shape index (κ1) is 52.7. The maximum Gasteiger partial charge on any atom is 0.407 e. The van der Waals surface area contributed by atoms with Gasteiger partial charge in [-0.3, -0.25) is 19.4 Å². The van der Waals surface area contributed by atoms with Crippen LogP contribution in [0.3, 0.4) is 0 Å². The molecule has 1 saturated heterocycles. The summed E-state index contributed by atoms with van der Waals surface area (Å²) >= 11 is 0. The van der Waals surface area contributed by atoms with Crippen molar-refractivity contribution in [3.63, 3.8) is 0 Å². The van der Waals surface area contributed by atoms with Crippen LogP contribution >= 0.6 is 0 Å². The number of hydrogen-bond donors (Lipinski definition) is 1. The number of hydroxylamine groups is 2. The highest BCUT2D eigenvalue weighted by atomic mass is 16.7. The molecule has 1 unspecified atom stereocenters. The minimum absolute atomic E-state index is 0.0179. The van der Waals surface area contributed by atoms with E-state index < -0.39 is 28.9 Å². The number of ether oxygens (including phenoxy) is 2. The summed E-state index contributed by atoms with van der Waals surface area (Å²) in [6.07, 6.45) is 3.00. The molecule has 1 aromatic heterocycles. The third-order valence-corrected chi connectivity index (χ3v) is 13.6. The molecule has 0 radical (unpaired) electrons. The van der Waals surface area contributed by atoms with Crippen LogP contribution in [-0.4, -0.2) is 94.7 Å². The lowest BCUT2D eigenvalue weighted by molar-refractivity contribution is -0.180. The van der Waals surface area contributed by atoms with E-state index in [2.05, 4.69) is 156 Å². The first-order valence-corrected chi connectivity index (χ1v) is 26.2. The number of amidine groups is 1. The van der Waals surface area contributed by atoms with Crippen molar-refractivity contribution in [1.29, 1.82) is 0 Å². The van der Waals surface area contributed by atoms with Gasteiger partial charge in [0.15, 0.2) is 0 Å². The fourth-order valence-electron chi connectivity index (χ4n) is 10.6. The zero-order valence-electron chi connectivity index (χ0n) is 44.0. The molecule has 0 bridgehead atoms. The number of aromatic nitrogens is 1. The minimum Gasteiger partial charge on any atom is -0.444 e. The monoisotopic (exact) mass is 1010 g/mol. The van der Waals surface area contributed by atoms with Gasteiger partial charge in [-0.25, -0.2) is 14.9 Å². The smallest absolute Gasteiger partial charge is 0.407 e. The molecule has 7 aromatic rings. The van der Waals surface area contributed by atoms with Crippen LogP contribution in [0, 0.1) is 0 Å². The number of alkyl carbamates (subject to hydrolysis) is 1. The van der Waals surface area contributed by atoms with E-state index in [1.807, 2.05) is 50.2 Å². The van der Waals surface area contributed by atoms with E-state index in [0.717, 1.165) is 33.4 Å². The van der Waals surface area contributed by atoms with Gasteiger partial charge in [0.05, 0.1) is 36.3 Å². The van der Waals surface area contributed by atoms with Gasteiger partial charge < -0.3 is 24.6 Å². The van der Waals surface area contributed by atoms with Crippen molar-refractivity contribution in [2.75, 3.05) is 39.4 Å². The maximum absolute atomic E-state index is 15.4. The van der Waals surface area contributed by atoms with Crippen LogP contribution < -0.4 is 5.32 Å². The Bertz CT molecular complexity index is 2810. The Balaban J connectivity index is 1.36. The minimum atomic E-state index is -1.23. The summed E-state index contributed by atoms with van der Waals surface area (Å²) in [6, 6.07) is 64.8. The molecule has 0 spiro atoms. The maximum atomic E-state index is 15.4. The number of carbonyl (C=O) groups is 3. The van der Waals surface area contributed by atoms with Gasteiger partial charge in [-0.05, 0) is 79.6 Å². The van der Waals surface area contributed by atoms with Crippen LogP contribution in [0.1, 0.15) is 96.9 Å². The van der Waals surface area contributed by atoms with Gasteiger partial charge in [-0.15, -0.1) is 0 Å². The standard InChI is InChI=1S/C64H66N6O6/c1-6-38-69(75-7-2)60(72)47-41-56-57(42-48(44-65-56)59(71)68-39-40-74-55(46-68)45-66-61(73)76-62(3,4)5)67-58(43-47)70(63(49-26-14-8-15-27-49,50-28-16-9-17-29-50)51-30-18-10-19-31-51)64(52-32-20-11-21-33-52,53-34-22-12-23-35-53)54-36-24-13-25-37-54/h8-37,41-42,44,55H,6-7,38-40,43,45-46H2,1-5H3,(H,66,73). The SMILES string of the molecule is CCCN(OCC)C(=O)C1=Cc2ncc(C(=O)N3CCOC(CNC(=O)OC(C)(C)C)C3)cc2N=C(N(C(c2ccccc2)(c2ccccc2)c2ccccc2)C(c2ccccc2)(c2ccccc2)c2ccccc2)C1. The number of carbonyl (C=O) groups excluding carboxylic acids is 3. The molecule has 1 N–H and O–H groups in total. The van der Waals surface area contributed by atoms with Gasteiger partial charge in [-0.1, -0.05) is 189 Å². The zero-order chi connectivity index (χ0) is 53.1.